The van der Waals surface area contributed by atoms with Gasteiger partial charge < -0.3 is 4.42 Å². The Bertz CT molecular complexity index is 946. The van der Waals surface area contributed by atoms with E-state index < -0.39 is 4.92 Å². The second-order valence-electron chi connectivity index (χ2n) is 7.31. The summed E-state index contributed by atoms with van der Waals surface area (Å²) < 4.78 is 5.77. The molecule has 0 saturated carbocycles. The van der Waals surface area contributed by atoms with E-state index in [1.54, 1.807) is 12.1 Å². The van der Waals surface area contributed by atoms with Crippen LogP contribution in [0.1, 0.15) is 44.1 Å². The molecule has 0 amide bonds. The second-order valence-corrected chi connectivity index (χ2v) is 8.60. The number of non-ortho nitro benzene ring substituents is 1. The third-order valence-electron chi connectivity index (χ3n) is 4.23. The van der Waals surface area contributed by atoms with E-state index in [1.165, 1.54) is 23.4 Å². The summed E-state index contributed by atoms with van der Waals surface area (Å²) >= 11 is 1.38. The van der Waals surface area contributed by atoms with Crippen LogP contribution in [0.2, 0.25) is 0 Å². The van der Waals surface area contributed by atoms with E-state index >= 15 is 0 Å². The Kier molecular flexibility index (Phi) is 5.32. The van der Waals surface area contributed by atoms with Crippen LogP contribution in [0.4, 0.5) is 5.69 Å². The van der Waals surface area contributed by atoms with Gasteiger partial charge in [-0.3, -0.25) is 10.1 Å². The maximum atomic E-state index is 10.9. The summed E-state index contributed by atoms with van der Waals surface area (Å²) in [6.45, 7) is 8.45. The maximum Gasteiger partial charge on any atom is 0.277 e. The Hall–Kier alpha value is -2.67. The molecule has 3 rings (SSSR count). The molecule has 0 aliphatic heterocycles. The van der Waals surface area contributed by atoms with E-state index in [0.717, 1.165) is 11.1 Å². The third kappa shape index (κ3) is 4.54. The van der Waals surface area contributed by atoms with Gasteiger partial charge in [-0.2, -0.15) is 0 Å². The normalized spacial score (nSPS) is 12.7. The summed E-state index contributed by atoms with van der Waals surface area (Å²) in [5, 5.41) is 19.5. The van der Waals surface area contributed by atoms with Crippen LogP contribution in [0.3, 0.4) is 0 Å². The number of nitro benzene ring substituents is 1. The van der Waals surface area contributed by atoms with Gasteiger partial charge in [-0.1, -0.05) is 56.8 Å². The second kappa shape index (κ2) is 7.52. The zero-order valence-electron chi connectivity index (χ0n) is 15.7. The van der Waals surface area contributed by atoms with Gasteiger partial charge in [0.05, 0.1) is 4.92 Å². The smallest absolute Gasteiger partial charge is 0.277 e. The minimum Gasteiger partial charge on any atom is -0.411 e. The molecule has 0 spiro atoms. The summed E-state index contributed by atoms with van der Waals surface area (Å²) in [6, 6.07) is 14.7. The minimum atomic E-state index is -0.396. The number of thioether (sulfide) groups is 1. The summed E-state index contributed by atoms with van der Waals surface area (Å²) in [6.07, 6.45) is 0. The first-order valence-electron chi connectivity index (χ1n) is 8.59. The van der Waals surface area contributed by atoms with Gasteiger partial charge in [0, 0.05) is 22.9 Å². The number of hydrogen-bond donors (Lipinski definition) is 0. The lowest BCUT2D eigenvalue weighted by Crippen LogP contribution is -2.10. The van der Waals surface area contributed by atoms with E-state index in [9.17, 15) is 10.1 Å². The zero-order chi connectivity index (χ0) is 19.6. The molecule has 0 aliphatic rings. The molecule has 0 N–H and O–H groups in total. The number of nitrogens with zero attached hydrogens (tertiary/aromatic N) is 3. The van der Waals surface area contributed by atoms with Crippen LogP contribution in [0.15, 0.2) is 58.2 Å². The monoisotopic (exact) mass is 383 g/mol. The van der Waals surface area contributed by atoms with Crippen molar-refractivity contribution in [2.24, 2.45) is 0 Å². The highest BCUT2D eigenvalue weighted by molar-refractivity contribution is 7.99. The van der Waals surface area contributed by atoms with E-state index in [2.05, 4.69) is 43.1 Å². The lowest BCUT2D eigenvalue weighted by Gasteiger charge is -2.18. The molecule has 1 atom stereocenters. The average Bonchev–Trinajstić information content (AvgIpc) is 3.09. The molecule has 0 aliphatic carbocycles. The van der Waals surface area contributed by atoms with E-state index in [-0.39, 0.29) is 16.4 Å². The standard InChI is InChI=1S/C20H21N3O3S/c1-13(15-6-5-7-17(12-15)23(24)25)27-19-22-21-18(26-19)14-8-10-16(11-9-14)20(2,3)4/h5-13H,1-4H3/t13-/m0/s1. The molecule has 0 saturated heterocycles. The van der Waals surface area contributed by atoms with Crippen LogP contribution in [0.5, 0.6) is 0 Å². The minimum absolute atomic E-state index is 0.0542. The topological polar surface area (TPSA) is 82.1 Å². The first-order chi connectivity index (χ1) is 12.7. The van der Waals surface area contributed by atoms with Crippen LogP contribution >= 0.6 is 11.8 Å². The Morgan fingerprint density at radius 3 is 2.44 bits per heavy atom. The fourth-order valence-electron chi connectivity index (χ4n) is 2.60. The highest BCUT2D eigenvalue weighted by Crippen LogP contribution is 2.36. The lowest BCUT2D eigenvalue weighted by atomic mass is 9.87. The highest BCUT2D eigenvalue weighted by atomic mass is 32.2. The Labute approximate surface area is 162 Å². The van der Waals surface area contributed by atoms with Crippen molar-refractivity contribution in [2.75, 3.05) is 0 Å². The van der Waals surface area contributed by atoms with Crippen molar-refractivity contribution in [2.45, 2.75) is 43.6 Å². The lowest BCUT2D eigenvalue weighted by molar-refractivity contribution is -0.384. The molecular formula is C20H21N3O3S. The number of nitro groups is 1. The Morgan fingerprint density at radius 2 is 1.81 bits per heavy atom. The van der Waals surface area contributed by atoms with Crippen molar-refractivity contribution in [3.63, 3.8) is 0 Å². The van der Waals surface area contributed by atoms with Gasteiger partial charge in [0.2, 0.25) is 5.89 Å². The average molecular weight is 383 g/mol. The Balaban J connectivity index is 1.74. The number of hydrogen-bond acceptors (Lipinski definition) is 6. The number of rotatable bonds is 5. The van der Waals surface area contributed by atoms with Crippen LogP contribution in [-0.2, 0) is 5.41 Å². The molecule has 6 nitrogen and oxygen atoms in total. The molecule has 0 unspecified atom stereocenters. The van der Waals surface area contributed by atoms with Crippen LogP contribution < -0.4 is 0 Å². The molecule has 140 valence electrons. The molecular weight excluding hydrogens is 362 g/mol. The first-order valence-corrected chi connectivity index (χ1v) is 9.47. The molecule has 0 radical (unpaired) electrons. The summed E-state index contributed by atoms with van der Waals surface area (Å²) in [7, 11) is 0. The van der Waals surface area contributed by atoms with Gasteiger partial charge in [0.25, 0.3) is 10.9 Å². The van der Waals surface area contributed by atoms with Crippen LogP contribution in [0.25, 0.3) is 11.5 Å². The third-order valence-corrected chi connectivity index (χ3v) is 5.22. The van der Waals surface area contributed by atoms with E-state index in [1.807, 2.05) is 25.1 Å². The molecule has 1 aromatic heterocycles. The predicted molar refractivity (Wildman–Crippen MR) is 106 cm³/mol. The number of aromatic nitrogens is 2. The van der Waals surface area contributed by atoms with E-state index in [0.29, 0.717) is 11.1 Å². The van der Waals surface area contributed by atoms with Crippen molar-refractivity contribution >= 4 is 17.4 Å². The van der Waals surface area contributed by atoms with Crippen LogP contribution in [-0.4, -0.2) is 15.1 Å². The molecule has 0 bridgehead atoms. The van der Waals surface area contributed by atoms with Crippen molar-refractivity contribution in [3.8, 4) is 11.5 Å². The molecule has 1 heterocycles. The van der Waals surface area contributed by atoms with Crippen molar-refractivity contribution in [1.29, 1.82) is 0 Å². The van der Waals surface area contributed by atoms with Gasteiger partial charge in [0.1, 0.15) is 0 Å². The SMILES string of the molecule is C[C@H](Sc1nnc(-c2ccc(C(C)(C)C)cc2)o1)c1cccc([N+](=O)[O-])c1. The molecule has 2 aromatic carbocycles. The molecule has 3 aromatic rings. The van der Waals surface area contributed by atoms with Gasteiger partial charge in [-0.15, -0.1) is 10.2 Å². The molecule has 27 heavy (non-hydrogen) atoms. The largest absolute Gasteiger partial charge is 0.411 e. The molecule has 0 fully saturated rings. The van der Waals surface area contributed by atoms with Gasteiger partial charge in [0.15, 0.2) is 0 Å². The van der Waals surface area contributed by atoms with Crippen molar-refractivity contribution in [3.05, 3.63) is 69.8 Å². The first kappa shape index (κ1) is 19.1. The fraction of sp³-hybridized carbons (Fsp3) is 0.300. The van der Waals surface area contributed by atoms with Gasteiger partial charge >= 0.3 is 0 Å². The van der Waals surface area contributed by atoms with Crippen molar-refractivity contribution in [1.82, 2.24) is 10.2 Å². The van der Waals surface area contributed by atoms with Gasteiger partial charge in [-0.25, -0.2) is 0 Å². The van der Waals surface area contributed by atoms with E-state index in [4.69, 9.17) is 4.42 Å². The quantitative estimate of drug-likeness (QED) is 0.315. The van der Waals surface area contributed by atoms with Gasteiger partial charge in [-0.05, 0) is 35.6 Å². The Morgan fingerprint density at radius 1 is 1.11 bits per heavy atom. The molecule has 7 heteroatoms. The summed E-state index contributed by atoms with van der Waals surface area (Å²) in [5.74, 6) is 0.462. The van der Waals surface area contributed by atoms with Crippen molar-refractivity contribution < 1.29 is 9.34 Å². The number of benzene rings is 2. The van der Waals surface area contributed by atoms with Crippen LogP contribution in [0, 0.1) is 10.1 Å². The predicted octanol–water partition coefficient (Wildman–Crippen LogP) is 5.80. The highest BCUT2D eigenvalue weighted by Gasteiger charge is 2.17. The summed E-state index contributed by atoms with van der Waals surface area (Å²) in [5.41, 5.74) is 3.10. The maximum absolute atomic E-state index is 10.9. The zero-order valence-corrected chi connectivity index (χ0v) is 16.5. The summed E-state index contributed by atoms with van der Waals surface area (Å²) in [4.78, 5) is 10.5. The fourth-order valence-corrected chi connectivity index (χ4v) is 3.40.